The van der Waals surface area contributed by atoms with Crippen LogP contribution in [0.3, 0.4) is 0 Å². The van der Waals surface area contributed by atoms with E-state index in [-0.39, 0.29) is 13.2 Å². The van der Waals surface area contributed by atoms with Gasteiger partial charge in [0.1, 0.15) is 9.24 Å². The topological polar surface area (TPSA) is 222 Å². The summed E-state index contributed by atoms with van der Waals surface area (Å²) in [6, 6.07) is 34.3. The van der Waals surface area contributed by atoms with Crippen molar-refractivity contribution in [1.29, 1.82) is 0 Å². The minimum absolute atomic E-state index is 0.250. The quantitative estimate of drug-likeness (QED) is 0.160. The van der Waals surface area contributed by atoms with Crippen LogP contribution in [0, 0.1) is 0 Å². The van der Waals surface area contributed by atoms with Gasteiger partial charge in [-0.2, -0.15) is 10.2 Å². The number of aliphatic hydroxyl groups excluding tert-OH is 2. The van der Waals surface area contributed by atoms with Gasteiger partial charge in [0.05, 0.1) is 23.2 Å². The molecule has 4 aliphatic rings. The van der Waals surface area contributed by atoms with Crippen molar-refractivity contribution >= 4 is 88.2 Å². The molecule has 4 aromatic rings. The molecule has 0 aliphatic carbocycles. The van der Waals surface area contributed by atoms with Crippen molar-refractivity contribution in [3.05, 3.63) is 132 Å². The fourth-order valence-electron chi connectivity index (χ4n) is 6.73. The molecule has 4 aromatic carbocycles. The lowest BCUT2D eigenvalue weighted by Crippen LogP contribution is -2.73. The van der Waals surface area contributed by atoms with Gasteiger partial charge in [-0.15, -0.1) is 0 Å². The van der Waals surface area contributed by atoms with Crippen molar-refractivity contribution < 1.29 is 39.0 Å². The minimum atomic E-state index is -1.75. The standard InChI is InChI=1S/2C18H13BrN4O3.2C2H6O/c2*19-14-13(11-7-3-1-4-8-11)18(15(24)20-17(26)21-16(18)25)23(22-14)12-9-5-2-6-10-12;2*1-2-3/h2*1-10,13H,(H2,20,21,24,25,26);2*3H,2H2,1H3/t2*13-;;/m00../s1. The van der Waals surface area contributed by atoms with Gasteiger partial charge >= 0.3 is 12.1 Å². The molecule has 58 heavy (non-hydrogen) atoms. The van der Waals surface area contributed by atoms with E-state index in [0.717, 1.165) is 11.1 Å². The first-order chi connectivity index (χ1) is 27.9. The number of halogens is 2. The first-order valence-corrected chi connectivity index (χ1v) is 19.4. The fraction of sp³-hybridized carbons (Fsp3) is 0.200. The van der Waals surface area contributed by atoms with Crippen LogP contribution in [0.4, 0.5) is 21.0 Å². The van der Waals surface area contributed by atoms with Crippen molar-refractivity contribution in [1.82, 2.24) is 21.3 Å². The monoisotopic (exact) mass is 916 g/mol. The molecular formula is C40H38Br2N8O8. The van der Waals surface area contributed by atoms with Crippen LogP contribution >= 0.6 is 31.9 Å². The Hall–Kier alpha value is -6.08. The zero-order valence-corrected chi connectivity index (χ0v) is 34.2. The highest BCUT2D eigenvalue weighted by molar-refractivity contribution is 9.18. The maximum absolute atomic E-state index is 13.0. The van der Waals surface area contributed by atoms with Crippen molar-refractivity contribution in [2.45, 2.75) is 36.8 Å². The maximum Gasteiger partial charge on any atom is 0.328 e. The fourth-order valence-corrected chi connectivity index (χ4v) is 8.24. The smallest absolute Gasteiger partial charge is 0.328 e. The summed E-state index contributed by atoms with van der Waals surface area (Å²) in [5.74, 6) is -4.30. The van der Waals surface area contributed by atoms with E-state index < -0.39 is 58.6 Å². The molecule has 0 saturated carbocycles. The number of nitrogens with one attached hydrogen (secondary N) is 4. The first-order valence-electron chi connectivity index (χ1n) is 17.8. The average molecular weight is 919 g/mol. The van der Waals surface area contributed by atoms with Crippen molar-refractivity contribution in [3.8, 4) is 0 Å². The lowest BCUT2D eigenvalue weighted by atomic mass is 9.77. The van der Waals surface area contributed by atoms with Gasteiger partial charge in [-0.05, 0) is 81.1 Å². The summed E-state index contributed by atoms with van der Waals surface area (Å²) in [5.41, 5.74) is -0.947. The van der Waals surface area contributed by atoms with Gasteiger partial charge in [0.25, 0.3) is 23.6 Å². The predicted molar refractivity (Wildman–Crippen MR) is 223 cm³/mol. The van der Waals surface area contributed by atoms with Crippen LogP contribution in [-0.4, -0.2) is 79.4 Å². The number of carbonyl (C=O) groups is 6. The minimum Gasteiger partial charge on any atom is -0.397 e. The third-order valence-corrected chi connectivity index (χ3v) is 10.2. The van der Waals surface area contributed by atoms with E-state index in [4.69, 9.17) is 10.2 Å². The number of barbiturate groups is 2. The molecule has 300 valence electrons. The largest absolute Gasteiger partial charge is 0.397 e. The van der Waals surface area contributed by atoms with Crippen LogP contribution in [0.2, 0.25) is 0 Å². The van der Waals surface area contributed by atoms with Crippen LogP contribution < -0.4 is 31.3 Å². The number of imide groups is 4. The van der Waals surface area contributed by atoms with Crippen LogP contribution in [-0.2, 0) is 19.2 Å². The van der Waals surface area contributed by atoms with Gasteiger partial charge in [0, 0.05) is 13.2 Å². The lowest BCUT2D eigenvalue weighted by molar-refractivity contribution is -0.139. The Kier molecular flexibility index (Phi) is 14.0. The van der Waals surface area contributed by atoms with E-state index in [1.807, 2.05) is 72.8 Å². The number of carbonyl (C=O) groups excluding carboxylic acids is 6. The number of amides is 8. The summed E-state index contributed by atoms with van der Waals surface area (Å²) in [4.78, 5) is 75.4. The summed E-state index contributed by atoms with van der Waals surface area (Å²) in [7, 11) is 0. The number of para-hydroxylation sites is 2. The van der Waals surface area contributed by atoms with E-state index in [2.05, 4.69) is 63.3 Å². The number of nitrogens with zero attached hydrogens (tertiary/aromatic N) is 4. The molecule has 8 amide bonds. The van der Waals surface area contributed by atoms with Gasteiger partial charge in [-0.25, -0.2) is 19.6 Å². The summed E-state index contributed by atoms with van der Waals surface area (Å²) in [5, 5.41) is 35.6. The number of anilines is 2. The molecule has 4 heterocycles. The average Bonchev–Trinajstić information content (AvgIpc) is 3.71. The van der Waals surface area contributed by atoms with Crippen LogP contribution in [0.25, 0.3) is 0 Å². The molecule has 18 heteroatoms. The highest BCUT2D eigenvalue weighted by atomic mass is 79.9. The third-order valence-electron chi connectivity index (χ3n) is 8.93. The number of urea groups is 2. The van der Waals surface area contributed by atoms with Crippen LogP contribution in [0.1, 0.15) is 36.8 Å². The number of hydrazone groups is 2. The highest BCUT2D eigenvalue weighted by Gasteiger charge is 2.66. The highest BCUT2D eigenvalue weighted by Crippen LogP contribution is 2.47. The number of hydrogen-bond acceptors (Lipinski definition) is 12. The molecule has 2 fully saturated rings. The SMILES string of the molecule is CCO.CCO.O=C1NC(=O)C2(C(=O)N1)[C@@H](c1ccccc1)C(Br)=NN2c1ccccc1.O=C1NC(=O)C2(C(=O)N1)[C@@H](c1ccccc1)C(Br)=NN2c1ccccc1. The second-order valence-corrected chi connectivity index (χ2v) is 14.1. The molecule has 0 aromatic heterocycles. The molecule has 16 nitrogen and oxygen atoms in total. The maximum atomic E-state index is 13.0. The van der Waals surface area contributed by atoms with Gasteiger partial charge in [0.2, 0.25) is 11.1 Å². The van der Waals surface area contributed by atoms with Crippen molar-refractivity contribution in [2.75, 3.05) is 23.2 Å². The summed E-state index contributed by atoms with van der Waals surface area (Å²) >= 11 is 6.85. The van der Waals surface area contributed by atoms with Gasteiger partial charge < -0.3 is 10.2 Å². The van der Waals surface area contributed by atoms with E-state index in [9.17, 15) is 28.8 Å². The van der Waals surface area contributed by atoms with E-state index in [1.54, 1.807) is 62.4 Å². The number of benzene rings is 4. The molecular weight excluding hydrogens is 880 g/mol. The summed E-state index contributed by atoms with van der Waals surface area (Å²) in [6.45, 7) is 3.86. The normalized spacial score (nSPS) is 19.8. The first kappa shape index (κ1) is 43.1. The molecule has 2 saturated heterocycles. The second-order valence-electron chi connectivity index (χ2n) is 12.5. The molecule has 2 atom stereocenters. The Morgan fingerprint density at radius 3 is 1.00 bits per heavy atom. The number of aliphatic hydroxyl groups is 2. The molecule has 0 unspecified atom stereocenters. The molecule has 4 aliphatic heterocycles. The Morgan fingerprint density at radius 1 is 0.500 bits per heavy atom. The Balaban J connectivity index is 0.000000195. The Labute approximate surface area is 349 Å². The van der Waals surface area contributed by atoms with Gasteiger partial charge in [0.15, 0.2) is 0 Å². The molecule has 0 bridgehead atoms. The van der Waals surface area contributed by atoms with E-state index >= 15 is 0 Å². The lowest BCUT2D eigenvalue weighted by Gasteiger charge is -2.40. The van der Waals surface area contributed by atoms with Crippen molar-refractivity contribution in [3.63, 3.8) is 0 Å². The van der Waals surface area contributed by atoms with E-state index in [1.165, 1.54) is 10.0 Å². The molecule has 0 radical (unpaired) electrons. The van der Waals surface area contributed by atoms with E-state index in [0.29, 0.717) is 20.6 Å². The summed E-state index contributed by atoms with van der Waals surface area (Å²) < 4.78 is 0.847. The second kappa shape index (κ2) is 18.9. The van der Waals surface area contributed by atoms with Gasteiger partial charge in [-0.3, -0.25) is 40.4 Å². The molecule has 8 rings (SSSR count). The molecule has 2 spiro atoms. The van der Waals surface area contributed by atoms with Crippen molar-refractivity contribution in [2.24, 2.45) is 10.2 Å². The van der Waals surface area contributed by atoms with Crippen LogP contribution in [0.5, 0.6) is 0 Å². The summed E-state index contributed by atoms with van der Waals surface area (Å²) in [6.07, 6.45) is 0. The third kappa shape index (κ3) is 8.04. The number of rotatable bonds is 4. The predicted octanol–water partition coefficient (Wildman–Crippen LogP) is 4.20. The Morgan fingerprint density at radius 2 is 0.741 bits per heavy atom. The Bertz CT molecular complexity index is 2020. The zero-order valence-electron chi connectivity index (χ0n) is 31.0. The number of hydrogen-bond donors (Lipinski definition) is 6. The van der Waals surface area contributed by atoms with Gasteiger partial charge in [-0.1, -0.05) is 97.1 Å². The molecule has 6 N–H and O–H groups in total. The zero-order chi connectivity index (χ0) is 42.0. The van der Waals surface area contributed by atoms with Crippen LogP contribution in [0.15, 0.2) is 132 Å².